The third kappa shape index (κ3) is 6.10. The zero-order valence-electron chi connectivity index (χ0n) is 18.3. The Bertz CT molecular complexity index is 1010. The summed E-state index contributed by atoms with van der Waals surface area (Å²) in [5, 5.41) is 3.85. The Morgan fingerprint density at radius 3 is 2.52 bits per heavy atom. The molecule has 0 saturated heterocycles. The van der Waals surface area contributed by atoms with Gasteiger partial charge in [-0.05, 0) is 55.2 Å². The number of aromatic amines is 1. The van der Waals surface area contributed by atoms with Gasteiger partial charge in [-0.2, -0.15) is 0 Å². The first-order valence-electron chi connectivity index (χ1n) is 10.7. The molecule has 0 unspecified atom stereocenters. The molecule has 1 aromatic heterocycles. The van der Waals surface area contributed by atoms with Crippen LogP contribution in [0.25, 0.3) is 10.9 Å². The smallest absolute Gasteiger partial charge is 0.328 e. The summed E-state index contributed by atoms with van der Waals surface area (Å²) in [5.41, 5.74) is 2.40. The normalized spacial score (nSPS) is 12.0. The zero-order valence-corrected chi connectivity index (χ0v) is 18.3. The van der Waals surface area contributed by atoms with Crippen LogP contribution in [0, 0.1) is 5.92 Å². The van der Waals surface area contributed by atoms with Gasteiger partial charge in [0, 0.05) is 29.1 Å². The minimum atomic E-state index is -0.784. The lowest BCUT2D eigenvalue weighted by atomic mass is 10.0. The average molecular weight is 423 g/mol. The molecule has 1 heterocycles. The van der Waals surface area contributed by atoms with Crippen LogP contribution < -0.4 is 10.1 Å². The van der Waals surface area contributed by atoms with Gasteiger partial charge in [0.05, 0.1) is 13.2 Å². The van der Waals surface area contributed by atoms with E-state index < -0.39 is 12.0 Å². The first-order chi connectivity index (χ1) is 15.0. The number of amides is 1. The van der Waals surface area contributed by atoms with Crippen LogP contribution in [-0.2, 0) is 16.0 Å². The Kier molecular flexibility index (Phi) is 7.70. The summed E-state index contributed by atoms with van der Waals surface area (Å²) >= 11 is 0. The highest BCUT2D eigenvalue weighted by atomic mass is 16.5. The first-order valence-corrected chi connectivity index (χ1v) is 10.7. The van der Waals surface area contributed by atoms with Gasteiger partial charge in [0.1, 0.15) is 11.8 Å². The van der Waals surface area contributed by atoms with Crippen molar-refractivity contribution in [1.82, 2.24) is 10.3 Å². The second kappa shape index (κ2) is 10.7. The molecule has 0 aliphatic rings. The summed E-state index contributed by atoms with van der Waals surface area (Å²) < 4.78 is 10.9. The number of benzene rings is 2. The van der Waals surface area contributed by atoms with E-state index in [9.17, 15) is 9.59 Å². The van der Waals surface area contributed by atoms with E-state index in [0.29, 0.717) is 24.5 Å². The predicted octanol–water partition coefficient (Wildman–Crippen LogP) is 4.50. The third-order valence-electron chi connectivity index (χ3n) is 5.06. The number of fused-ring (bicyclic) bond motifs is 1. The number of esters is 1. The number of H-pyrrole nitrogens is 1. The second-order valence-electron chi connectivity index (χ2n) is 7.90. The van der Waals surface area contributed by atoms with E-state index in [4.69, 9.17) is 9.47 Å². The Balaban J connectivity index is 1.69. The van der Waals surface area contributed by atoms with Crippen LogP contribution in [0.5, 0.6) is 5.75 Å². The molecule has 6 nitrogen and oxygen atoms in total. The van der Waals surface area contributed by atoms with Crippen molar-refractivity contribution in [3.8, 4) is 5.75 Å². The minimum Gasteiger partial charge on any atom is -0.494 e. The molecule has 2 N–H and O–H groups in total. The second-order valence-corrected chi connectivity index (χ2v) is 7.90. The molecule has 1 atom stereocenters. The van der Waals surface area contributed by atoms with E-state index in [1.807, 2.05) is 30.5 Å². The van der Waals surface area contributed by atoms with Crippen LogP contribution in [-0.4, -0.2) is 36.1 Å². The fourth-order valence-corrected chi connectivity index (χ4v) is 3.31. The summed E-state index contributed by atoms with van der Waals surface area (Å²) in [4.78, 5) is 28.5. The molecule has 3 aromatic rings. The number of carbonyl (C=O) groups is 2. The number of hydrogen-bond donors (Lipinski definition) is 2. The van der Waals surface area contributed by atoms with Gasteiger partial charge in [-0.3, -0.25) is 4.79 Å². The Labute approximate surface area is 182 Å². The van der Waals surface area contributed by atoms with Crippen molar-refractivity contribution in [2.24, 2.45) is 5.92 Å². The van der Waals surface area contributed by atoms with Gasteiger partial charge in [0.2, 0.25) is 0 Å². The quantitative estimate of drug-likeness (QED) is 0.472. The highest BCUT2D eigenvalue weighted by molar-refractivity contribution is 5.97. The molecule has 164 valence electrons. The monoisotopic (exact) mass is 422 g/mol. The molecular weight excluding hydrogens is 392 g/mol. The predicted molar refractivity (Wildman–Crippen MR) is 121 cm³/mol. The van der Waals surface area contributed by atoms with E-state index in [1.165, 1.54) is 0 Å². The fourth-order valence-electron chi connectivity index (χ4n) is 3.31. The molecule has 0 radical (unpaired) electrons. The molecule has 0 fully saturated rings. The maximum atomic E-state index is 12.8. The highest BCUT2D eigenvalue weighted by Gasteiger charge is 2.24. The fraction of sp³-hybridized carbons (Fsp3) is 0.360. The first kappa shape index (κ1) is 22.4. The summed E-state index contributed by atoms with van der Waals surface area (Å²) in [6.07, 6.45) is 3.18. The number of aromatic nitrogens is 1. The molecule has 6 heteroatoms. The van der Waals surface area contributed by atoms with Crippen molar-refractivity contribution < 1.29 is 19.1 Å². The highest BCUT2D eigenvalue weighted by Crippen LogP contribution is 2.20. The van der Waals surface area contributed by atoms with Gasteiger partial charge in [0.15, 0.2) is 0 Å². The Morgan fingerprint density at radius 2 is 1.81 bits per heavy atom. The van der Waals surface area contributed by atoms with E-state index in [-0.39, 0.29) is 12.5 Å². The number of hydrogen-bond acceptors (Lipinski definition) is 4. The van der Waals surface area contributed by atoms with Gasteiger partial charge in [-0.15, -0.1) is 0 Å². The summed E-state index contributed by atoms with van der Waals surface area (Å²) in [6, 6.07) is 14.0. The summed E-state index contributed by atoms with van der Waals surface area (Å²) in [7, 11) is 0. The standard InChI is InChI=1S/C25H30N2O4/c1-4-30-25(29)23(15-19-16-26-22-8-6-5-7-21(19)22)27-24(28)18-9-11-20(12-10-18)31-14-13-17(2)3/h5-12,16-17,23,26H,4,13-15H2,1-3H3,(H,27,28)/t23-/m1/s1. The van der Waals surface area contributed by atoms with Crippen molar-refractivity contribution in [2.45, 2.75) is 39.7 Å². The zero-order chi connectivity index (χ0) is 22.2. The molecule has 0 aliphatic heterocycles. The minimum absolute atomic E-state index is 0.251. The number of rotatable bonds is 10. The molecule has 0 bridgehead atoms. The van der Waals surface area contributed by atoms with Gasteiger partial charge < -0.3 is 19.8 Å². The largest absolute Gasteiger partial charge is 0.494 e. The van der Waals surface area contributed by atoms with Crippen molar-refractivity contribution in [1.29, 1.82) is 0 Å². The van der Waals surface area contributed by atoms with Gasteiger partial charge in [-0.1, -0.05) is 32.0 Å². The molecule has 1 amide bonds. The van der Waals surface area contributed by atoms with Crippen LogP contribution >= 0.6 is 0 Å². The number of nitrogens with one attached hydrogen (secondary N) is 2. The van der Waals surface area contributed by atoms with Crippen LogP contribution in [0.15, 0.2) is 54.7 Å². The van der Waals surface area contributed by atoms with Gasteiger partial charge in [0.25, 0.3) is 5.91 Å². The molecule has 0 saturated carbocycles. The van der Waals surface area contributed by atoms with Crippen molar-refractivity contribution in [2.75, 3.05) is 13.2 Å². The number of para-hydroxylation sites is 1. The molecule has 31 heavy (non-hydrogen) atoms. The van der Waals surface area contributed by atoms with Crippen LogP contribution in [0.2, 0.25) is 0 Å². The van der Waals surface area contributed by atoms with E-state index in [1.54, 1.807) is 31.2 Å². The molecule has 2 aromatic carbocycles. The lowest BCUT2D eigenvalue weighted by Crippen LogP contribution is -2.43. The van der Waals surface area contributed by atoms with Crippen LogP contribution in [0.4, 0.5) is 0 Å². The lowest BCUT2D eigenvalue weighted by Gasteiger charge is -2.17. The van der Waals surface area contributed by atoms with Crippen LogP contribution in [0.1, 0.15) is 43.1 Å². The van der Waals surface area contributed by atoms with Crippen molar-refractivity contribution in [3.05, 3.63) is 65.9 Å². The van der Waals surface area contributed by atoms with Gasteiger partial charge in [-0.25, -0.2) is 4.79 Å². The summed E-state index contributed by atoms with van der Waals surface area (Å²) in [6.45, 7) is 6.93. The number of carbonyl (C=O) groups excluding carboxylic acids is 2. The van der Waals surface area contributed by atoms with E-state index in [2.05, 4.69) is 24.1 Å². The lowest BCUT2D eigenvalue weighted by molar-refractivity contribution is -0.145. The molecular formula is C25H30N2O4. The maximum Gasteiger partial charge on any atom is 0.328 e. The van der Waals surface area contributed by atoms with Crippen molar-refractivity contribution >= 4 is 22.8 Å². The third-order valence-corrected chi connectivity index (χ3v) is 5.06. The van der Waals surface area contributed by atoms with Crippen LogP contribution in [0.3, 0.4) is 0 Å². The summed E-state index contributed by atoms with van der Waals surface area (Å²) in [5.74, 6) is 0.515. The number of ether oxygens (including phenoxy) is 2. The SMILES string of the molecule is CCOC(=O)[C@@H](Cc1c[nH]c2ccccc12)NC(=O)c1ccc(OCCC(C)C)cc1. The maximum absolute atomic E-state index is 12.8. The van der Waals surface area contributed by atoms with Gasteiger partial charge >= 0.3 is 5.97 Å². The molecule has 0 aliphatic carbocycles. The molecule has 3 rings (SSSR count). The Morgan fingerprint density at radius 1 is 1.06 bits per heavy atom. The Hall–Kier alpha value is -3.28. The topological polar surface area (TPSA) is 80.4 Å². The van der Waals surface area contributed by atoms with E-state index in [0.717, 1.165) is 28.6 Å². The molecule has 0 spiro atoms. The van der Waals surface area contributed by atoms with E-state index >= 15 is 0 Å². The van der Waals surface area contributed by atoms with Crippen molar-refractivity contribution in [3.63, 3.8) is 0 Å². The average Bonchev–Trinajstić information content (AvgIpc) is 3.16.